The zero-order valence-corrected chi connectivity index (χ0v) is 14.0. The predicted molar refractivity (Wildman–Crippen MR) is 84.1 cm³/mol. The van der Waals surface area contributed by atoms with E-state index in [2.05, 4.69) is 4.98 Å². The standard InChI is InChI=1S/C17H19F3N2O3/c1-3-4-8-22(2)16(23)14-10-25-15(21-14)11-24-13-7-5-6-12(9-13)17(18,19)20/h5-7,9-10H,3-4,8,11H2,1-2H3. The number of oxazole rings is 1. The summed E-state index contributed by atoms with van der Waals surface area (Å²) in [6.07, 6.45) is -1.38. The van der Waals surface area contributed by atoms with Crippen molar-refractivity contribution >= 4 is 5.91 Å². The highest BCUT2D eigenvalue weighted by atomic mass is 19.4. The molecular weight excluding hydrogens is 337 g/mol. The van der Waals surface area contributed by atoms with E-state index in [0.29, 0.717) is 6.54 Å². The third-order valence-electron chi connectivity index (χ3n) is 3.49. The number of hydrogen-bond donors (Lipinski definition) is 0. The average molecular weight is 356 g/mol. The zero-order valence-electron chi connectivity index (χ0n) is 14.0. The first-order valence-electron chi connectivity index (χ1n) is 7.81. The highest BCUT2D eigenvalue weighted by molar-refractivity contribution is 5.91. The van der Waals surface area contributed by atoms with Crippen LogP contribution in [0.2, 0.25) is 0 Å². The van der Waals surface area contributed by atoms with Crippen molar-refractivity contribution in [3.63, 3.8) is 0 Å². The van der Waals surface area contributed by atoms with Crippen LogP contribution in [0.5, 0.6) is 5.75 Å². The van der Waals surface area contributed by atoms with Crippen molar-refractivity contribution in [1.29, 1.82) is 0 Å². The smallest absolute Gasteiger partial charge is 0.416 e. The number of hydrogen-bond acceptors (Lipinski definition) is 4. The lowest BCUT2D eigenvalue weighted by Crippen LogP contribution is -2.27. The third kappa shape index (κ3) is 5.23. The lowest BCUT2D eigenvalue weighted by molar-refractivity contribution is -0.137. The van der Waals surface area contributed by atoms with Crippen LogP contribution in [0.25, 0.3) is 0 Å². The summed E-state index contributed by atoms with van der Waals surface area (Å²) in [5.41, 5.74) is -0.660. The number of ether oxygens (including phenoxy) is 1. The van der Waals surface area contributed by atoms with E-state index in [1.54, 1.807) is 11.9 Å². The van der Waals surface area contributed by atoms with Crippen molar-refractivity contribution < 1.29 is 27.1 Å². The van der Waals surface area contributed by atoms with Gasteiger partial charge in [0.25, 0.3) is 5.91 Å². The number of alkyl halides is 3. The van der Waals surface area contributed by atoms with Gasteiger partial charge in [0, 0.05) is 13.6 Å². The maximum Gasteiger partial charge on any atom is 0.416 e. The van der Waals surface area contributed by atoms with E-state index < -0.39 is 11.7 Å². The van der Waals surface area contributed by atoms with Gasteiger partial charge in [-0.15, -0.1) is 0 Å². The minimum Gasteiger partial charge on any atom is -0.484 e. The Morgan fingerprint density at radius 3 is 2.80 bits per heavy atom. The Labute approximate surface area is 143 Å². The van der Waals surface area contributed by atoms with Crippen LogP contribution in [-0.4, -0.2) is 29.4 Å². The number of unbranched alkanes of at least 4 members (excludes halogenated alkanes) is 1. The molecule has 1 heterocycles. The number of benzene rings is 1. The van der Waals surface area contributed by atoms with Crippen molar-refractivity contribution in [2.24, 2.45) is 0 Å². The summed E-state index contributed by atoms with van der Waals surface area (Å²) >= 11 is 0. The normalized spacial score (nSPS) is 11.4. The first kappa shape index (κ1) is 18.8. The van der Waals surface area contributed by atoms with Gasteiger partial charge in [-0.3, -0.25) is 4.79 Å². The van der Waals surface area contributed by atoms with E-state index in [1.807, 2.05) is 6.92 Å². The summed E-state index contributed by atoms with van der Waals surface area (Å²) in [5, 5.41) is 0. The molecule has 1 amide bonds. The Bertz CT molecular complexity index is 713. The monoisotopic (exact) mass is 356 g/mol. The van der Waals surface area contributed by atoms with Gasteiger partial charge in [-0.2, -0.15) is 13.2 Å². The molecule has 1 aromatic heterocycles. The molecule has 0 unspecified atom stereocenters. The van der Waals surface area contributed by atoms with Gasteiger partial charge in [0.15, 0.2) is 12.3 Å². The zero-order chi connectivity index (χ0) is 18.4. The molecule has 5 nitrogen and oxygen atoms in total. The summed E-state index contributed by atoms with van der Waals surface area (Å²) < 4.78 is 48.4. The molecule has 0 radical (unpaired) electrons. The molecule has 0 atom stereocenters. The minimum atomic E-state index is -4.44. The number of rotatable bonds is 7. The molecule has 2 aromatic rings. The molecule has 25 heavy (non-hydrogen) atoms. The van der Waals surface area contributed by atoms with E-state index >= 15 is 0 Å². The number of carbonyl (C=O) groups is 1. The topological polar surface area (TPSA) is 55.6 Å². The largest absolute Gasteiger partial charge is 0.484 e. The highest BCUT2D eigenvalue weighted by Gasteiger charge is 2.30. The quantitative estimate of drug-likeness (QED) is 0.748. The summed E-state index contributed by atoms with van der Waals surface area (Å²) in [4.78, 5) is 17.7. The first-order chi connectivity index (χ1) is 11.8. The number of carbonyl (C=O) groups excluding carboxylic acids is 1. The van der Waals surface area contributed by atoms with Crippen molar-refractivity contribution in [2.45, 2.75) is 32.5 Å². The molecule has 0 aliphatic carbocycles. The molecule has 0 bridgehead atoms. The van der Waals surface area contributed by atoms with E-state index in [1.165, 1.54) is 18.4 Å². The second kappa shape index (κ2) is 8.04. The third-order valence-corrected chi connectivity index (χ3v) is 3.49. The maximum atomic E-state index is 12.7. The minimum absolute atomic E-state index is 0.0426. The fourth-order valence-electron chi connectivity index (χ4n) is 2.08. The van der Waals surface area contributed by atoms with Crippen LogP contribution in [0.15, 0.2) is 34.9 Å². The van der Waals surface area contributed by atoms with E-state index in [9.17, 15) is 18.0 Å². The molecular formula is C17H19F3N2O3. The molecule has 0 saturated heterocycles. The van der Waals surface area contributed by atoms with Crippen molar-refractivity contribution in [1.82, 2.24) is 9.88 Å². The number of halogens is 3. The van der Waals surface area contributed by atoms with Gasteiger partial charge in [-0.05, 0) is 24.6 Å². The lowest BCUT2D eigenvalue weighted by Gasteiger charge is -2.14. The molecule has 0 fully saturated rings. The van der Waals surface area contributed by atoms with Crippen molar-refractivity contribution in [3.05, 3.63) is 47.7 Å². The number of aromatic nitrogens is 1. The average Bonchev–Trinajstić information content (AvgIpc) is 3.05. The van der Waals surface area contributed by atoms with Crippen LogP contribution >= 0.6 is 0 Å². The summed E-state index contributed by atoms with van der Waals surface area (Å²) in [5.74, 6) is -0.117. The van der Waals surface area contributed by atoms with Gasteiger partial charge in [0.05, 0.1) is 5.56 Å². The fourth-order valence-corrected chi connectivity index (χ4v) is 2.08. The predicted octanol–water partition coefficient (Wildman–Crippen LogP) is 4.14. The Balaban J connectivity index is 1.97. The molecule has 136 valence electrons. The Kier molecular flexibility index (Phi) is 6.06. The van der Waals surface area contributed by atoms with Crippen molar-refractivity contribution in [2.75, 3.05) is 13.6 Å². The lowest BCUT2D eigenvalue weighted by atomic mass is 10.2. The highest BCUT2D eigenvalue weighted by Crippen LogP contribution is 2.31. The number of nitrogens with zero attached hydrogens (tertiary/aromatic N) is 2. The van der Waals surface area contributed by atoms with E-state index in [4.69, 9.17) is 9.15 Å². The van der Waals surface area contributed by atoms with Gasteiger partial charge < -0.3 is 14.1 Å². The molecule has 0 aliphatic heterocycles. The second-order valence-electron chi connectivity index (χ2n) is 5.52. The van der Waals surface area contributed by atoms with E-state index in [0.717, 1.165) is 25.0 Å². The summed E-state index contributed by atoms with van der Waals surface area (Å²) in [6.45, 7) is 2.46. The van der Waals surface area contributed by atoms with Crippen LogP contribution in [0.3, 0.4) is 0 Å². The fraction of sp³-hybridized carbons (Fsp3) is 0.412. The van der Waals surface area contributed by atoms with Gasteiger partial charge in [-0.25, -0.2) is 4.98 Å². The Morgan fingerprint density at radius 1 is 1.36 bits per heavy atom. The van der Waals surface area contributed by atoms with Gasteiger partial charge in [0.1, 0.15) is 12.0 Å². The summed E-state index contributed by atoms with van der Waals surface area (Å²) in [6, 6.07) is 4.52. The van der Waals surface area contributed by atoms with Crippen LogP contribution < -0.4 is 4.74 Å². The van der Waals surface area contributed by atoms with Crippen LogP contribution in [0.1, 0.15) is 41.7 Å². The Morgan fingerprint density at radius 2 is 2.12 bits per heavy atom. The SMILES string of the molecule is CCCCN(C)C(=O)c1coc(COc2cccc(C(F)(F)F)c2)n1. The molecule has 2 rings (SSSR count). The van der Waals surface area contributed by atoms with Crippen LogP contribution in [-0.2, 0) is 12.8 Å². The van der Waals surface area contributed by atoms with Gasteiger partial charge in [-0.1, -0.05) is 19.4 Å². The van der Waals surface area contributed by atoms with Gasteiger partial charge >= 0.3 is 6.18 Å². The Hall–Kier alpha value is -2.51. The first-order valence-corrected chi connectivity index (χ1v) is 7.81. The summed E-state index contributed by atoms with van der Waals surface area (Å²) in [7, 11) is 1.67. The second-order valence-corrected chi connectivity index (χ2v) is 5.52. The molecule has 0 aliphatic rings. The molecule has 0 saturated carbocycles. The molecule has 1 aromatic carbocycles. The van der Waals surface area contributed by atoms with Gasteiger partial charge in [0.2, 0.25) is 5.89 Å². The molecule has 0 spiro atoms. The van der Waals surface area contributed by atoms with Crippen LogP contribution in [0.4, 0.5) is 13.2 Å². The molecule has 8 heteroatoms. The van der Waals surface area contributed by atoms with Crippen LogP contribution in [0, 0.1) is 0 Å². The maximum absolute atomic E-state index is 12.7. The van der Waals surface area contributed by atoms with Crippen molar-refractivity contribution in [3.8, 4) is 5.75 Å². The molecule has 0 N–H and O–H groups in total. The number of amides is 1. The van der Waals surface area contributed by atoms with E-state index in [-0.39, 0.29) is 29.8 Å².